The molecule has 0 radical (unpaired) electrons. The third kappa shape index (κ3) is 1.60. The second-order valence-electron chi connectivity index (χ2n) is 2.63. The molecule has 1 aromatic carbocycles. The number of fused-ring (bicyclic) bond motifs is 1. The first-order valence-corrected chi connectivity index (χ1v) is 5.30. The zero-order chi connectivity index (χ0) is 9.42. The van der Waals surface area contributed by atoms with Gasteiger partial charge in [-0.25, -0.2) is 8.78 Å². The number of halogens is 3. The Labute approximate surface area is 86.3 Å². The highest BCUT2D eigenvalue weighted by Crippen LogP contribution is 2.34. The van der Waals surface area contributed by atoms with E-state index in [1.54, 1.807) is 12.1 Å². The highest BCUT2D eigenvalue weighted by molar-refractivity contribution is 9.10. The maximum absolute atomic E-state index is 12.4. The van der Waals surface area contributed by atoms with Crippen LogP contribution in [0, 0.1) is 0 Å². The topological polar surface area (TPSA) is 0 Å². The van der Waals surface area contributed by atoms with Crippen molar-refractivity contribution in [2.24, 2.45) is 0 Å². The molecule has 0 aliphatic carbocycles. The van der Waals surface area contributed by atoms with Crippen molar-refractivity contribution in [3.63, 3.8) is 0 Å². The standard InChI is InChI=1S/C9H5BrF2S/c10-5-1-2-6-7(9(11)12)4-13-8(6)3-5/h1-4,9H. The predicted molar refractivity (Wildman–Crippen MR) is 54.5 cm³/mol. The van der Waals surface area contributed by atoms with Crippen molar-refractivity contribution in [2.45, 2.75) is 6.43 Å². The van der Waals surface area contributed by atoms with Gasteiger partial charge in [0.15, 0.2) is 0 Å². The van der Waals surface area contributed by atoms with Crippen LogP contribution in [0.1, 0.15) is 12.0 Å². The van der Waals surface area contributed by atoms with Crippen molar-refractivity contribution >= 4 is 37.4 Å². The van der Waals surface area contributed by atoms with Gasteiger partial charge in [0.05, 0.1) is 0 Å². The molecule has 2 rings (SSSR count). The first-order chi connectivity index (χ1) is 6.18. The zero-order valence-corrected chi connectivity index (χ0v) is 8.83. The SMILES string of the molecule is FC(F)c1csc2cc(Br)ccc12. The fraction of sp³-hybridized carbons (Fsp3) is 0.111. The van der Waals surface area contributed by atoms with Crippen molar-refractivity contribution < 1.29 is 8.78 Å². The van der Waals surface area contributed by atoms with Gasteiger partial charge in [0.25, 0.3) is 6.43 Å². The van der Waals surface area contributed by atoms with Crippen LogP contribution in [0.2, 0.25) is 0 Å². The Bertz CT molecular complexity index is 436. The van der Waals surface area contributed by atoms with Gasteiger partial charge in [-0.1, -0.05) is 22.0 Å². The molecule has 1 aromatic heterocycles. The molecule has 0 aliphatic rings. The Balaban J connectivity index is 2.69. The first-order valence-electron chi connectivity index (χ1n) is 3.63. The van der Waals surface area contributed by atoms with Crippen LogP contribution in [0.3, 0.4) is 0 Å². The Morgan fingerprint density at radius 3 is 2.77 bits per heavy atom. The third-order valence-corrected chi connectivity index (χ3v) is 3.26. The Kier molecular flexibility index (Phi) is 2.34. The predicted octanol–water partition coefficient (Wildman–Crippen LogP) is 4.60. The molecular formula is C9H5BrF2S. The lowest BCUT2D eigenvalue weighted by Crippen LogP contribution is -1.79. The van der Waals surface area contributed by atoms with Crippen molar-refractivity contribution in [3.05, 3.63) is 33.6 Å². The molecular weight excluding hydrogens is 258 g/mol. The van der Waals surface area contributed by atoms with Crippen LogP contribution < -0.4 is 0 Å². The summed E-state index contributed by atoms with van der Waals surface area (Å²) in [6.07, 6.45) is -2.38. The molecule has 4 heteroatoms. The number of rotatable bonds is 1. The molecule has 13 heavy (non-hydrogen) atoms. The first kappa shape index (κ1) is 9.09. The second-order valence-corrected chi connectivity index (χ2v) is 4.46. The van der Waals surface area contributed by atoms with Crippen molar-refractivity contribution in [1.29, 1.82) is 0 Å². The van der Waals surface area contributed by atoms with Crippen LogP contribution in [0.4, 0.5) is 8.78 Å². The van der Waals surface area contributed by atoms with Gasteiger partial charge in [-0.05, 0) is 12.1 Å². The summed E-state index contributed by atoms with van der Waals surface area (Å²) in [5.74, 6) is 0. The summed E-state index contributed by atoms with van der Waals surface area (Å²) in [6, 6.07) is 5.35. The molecule has 0 bridgehead atoms. The van der Waals surface area contributed by atoms with E-state index >= 15 is 0 Å². The maximum atomic E-state index is 12.4. The van der Waals surface area contributed by atoms with Gasteiger partial charge in [0.2, 0.25) is 0 Å². The molecule has 2 aromatic rings. The van der Waals surface area contributed by atoms with E-state index in [4.69, 9.17) is 0 Å². The number of thiophene rings is 1. The maximum Gasteiger partial charge on any atom is 0.265 e. The van der Waals surface area contributed by atoms with Gasteiger partial charge in [0, 0.05) is 25.5 Å². The minimum atomic E-state index is -2.38. The normalized spacial score (nSPS) is 11.4. The molecule has 0 unspecified atom stereocenters. The van der Waals surface area contributed by atoms with E-state index in [1.165, 1.54) is 16.7 Å². The van der Waals surface area contributed by atoms with Crippen molar-refractivity contribution in [1.82, 2.24) is 0 Å². The second kappa shape index (κ2) is 3.35. The average molecular weight is 263 g/mol. The lowest BCUT2D eigenvalue weighted by Gasteiger charge is -1.96. The minimum Gasteiger partial charge on any atom is -0.205 e. The quantitative estimate of drug-likeness (QED) is 0.705. The minimum absolute atomic E-state index is 0.132. The summed E-state index contributed by atoms with van der Waals surface area (Å²) in [7, 11) is 0. The summed E-state index contributed by atoms with van der Waals surface area (Å²) < 4.78 is 26.7. The average Bonchev–Trinajstić information content (AvgIpc) is 2.46. The van der Waals surface area contributed by atoms with Crippen molar-refractivity contribution in [2.75, 3.05) is 0 Å². The number of alkyl halides is 2. The summed E-state index contributed by atoms with van der Waals surface area (Å²) >= 11 is 4.64. The Hall–Kier alpha value is -0.480. The van der Waals surface area contributed by atoms with Gasteiger partial charge in [-0.3, -0.25) is 0 Å². The van der Waals surface area contributed by atoms with E-state index in [0.717, 1.165) is 9.17 Å². The molecule has 0 fully saturated rings. The molecule has 0 saturated carbocycles. The summed E-state index contributed by atoms with van der Waals surface area (Å²) in [5.41, 5.74) is 0.132. The molecule has 0 atom stereocenters. The lowest BCUT2D eigenvalue weighted by molar-refractivity contribution is 0.153. The summed E-state index contributed by atoms with van der Waals surface area (Å²) in [4.78, 5) is 0. The van der Waals surface area contributed by atoms with Gasteiger partial charge >= 0.3 is 0 Å². The van der Waals surface area contributed by atoms with Crippen LogP contribution in [0.25, 0.3) is 10.1 Å². The van der Waals surface area contributed by atoms with Gasteiger partial charge in [-0.2, -0.15) is 0 Å². The van der Waals surface area contributed by atoms with E-state index < -0.39 is 6.43 Å². The largest absolute Gasteiger partial charge is 0.265 e. The Morgan fingerprint density at radius 1 is 1.31 bits per heavy atom. The van der Waals surface area contributed by atoms with E-state index in [-0.39, 0.29) is 5.56 Å². The van der Waals surface area contributed by atoms with E-state index in [9.17, 15) is 8.78 Å². The number of hydrogen-bond donors (Lipinski definition) is 0. The van der Waals surface area contributed by atoms with Crippen LogP contribution in [-0.4, -0.2) is 0 Å². The van der Waals surface area contributed by atoms with Gasteiger partial charge in [0.1, 0.15) is 0 Å². The fourth-order valence-electron chi connectivity index (χ4n) is 1.19. The van der Waals surface area contributed by atoms with Crippen LogP contribution in [-0.2, 0) is 0 Å². The lowest BCUT2D eigenvalue weighted by atomic mass is 10.2. The molecule has 0 spiro atoms. The molecule has 0 nitrogen and oxygen atoms in total. The molecule has 0 amide bonds. The van der Waals surface area contributed by atoms with Gasteiger partial charge in [-0.15, -0.1) is 11.3 Å². The third-order valence-electron chi connectivity index (χ3n) is 1.80. The number of benzene rings is 1. The molecule has 68 valence electrons. The molecule has 0 aliphatic heterocycles. The monoisotopic (exact) mass is 262 g/mol. The summed E-state index contributed by atoms with van der Waals surface area (Å²) in [6.45, 7) is 0. The highest BCUT2D eigenvalue weighted by atomic mass is 79.9. The van der Waals surface area contributed by atoms with Gasteiger partial charge < -0.3 is 0 Å². The highest BCUT2D eigenvalue weighted by Gasteiger charge is 2.12. The fourth-order valence-corrected chi connectivity index (χ4v) is 2.70. The van der Waals surface area contributed by atoms with Crippen LogP contribution in [0.5, 0.6) is 0 Å². The number of hydrogen-bond acceptors (Lipinski definition) is 1. The van der Waals surface area contributed by atoms with E-state index in [2.05, 4.69) is 15.9 Å². The van der Waals surface area contributed by atoms with E-state index in [1.807, 2.05) is 6.07 Å². The van der Waals surface area contributed by atoms with Crippen molar-refractivity contribution in [3.8, 4) is 0 Å². The summed E-state index contributed by atoms with van der Waals surface area (Å²) in [5, 5.41) is 2.17. The molecule has 1 heterocycles. The smallest absolute Gasteiger partial charge is 0.205 e. The van der Waals surface area contributed by atoms with Crippen LogP contribution >= 0.6 is 27.3 Å². The zero-order valence-electron chi connectivity index (χ0n) is 6.43. The van der Waals surface area contributed by atoms with E-state index in [0.29, 0.717) is 5.39 Å². The van der Waals surface area contributed by atoms with Crippen LogP contribution in [0.15, 0.2) is 28.1 Å². The Morgan fingerprint density at radius 2 is 2.08 bits per heavy atom. The molecule has 0 N–H and O–H groups in total. The molecule has 0 saturated heterocycles.